The number of carbonyl (C=O) groups is 1. The number of benzene rings is 1. The molecule has 1 aromatic carbocycles. The number of hydrogen-bond acceptors (Lipinski definition) is 6. The van der Waals surface area contributed by atoms with Crippen LogP contribution in [0.2, 0.25) is 5.02 Å². The Kier molecular flexibility index (Phi) is 6.26. The molecule has 28 heavy (non-hydrogen) atoms. The zero-order valence-corrected chi connectivity index (χ0v) is 16.4. The number of nitrogens with zero attached hydrogens (tertiary/aromatic N) is 4. The van der Waals surface area contributed by atoms with Crippen LogP contribution in [0.25, 0.3) is 0 Å². The molecule has 1 aliphatic heterocycles. The van der Waals surface area contributed by atoms with Crippen LogP contribution in [0.3, 0.4) is 0 Å². The summed E-state index contributed by atoms with van der Waals surface area (Å²) in [6, 6.07) is 9.74. The van der Waals surface area contributed by atoms with Crippen LogP contribution in [0.5, 0.6) is 0 Å². The second-order valence-electron chi connectivity index (χ2n) is 6.22. The number of piperazine rings is 1. The third-order valence-corrected chi connectivity index (χ3v) is 6.54. The van der Waals surface area contributed by atoms with Crippen LogP contribution >= 0.6 is 11.6 Å². The molecule has 0 radical (unpaired) electrons. The van der Waals surface area contributed by atoms with E-state index in [0.717, 1.165) is 0 Å². The van der Waals surface area contributed by atoms with Gasteiger partial charge >= 0.3 is 0 Å². The number of halogens is 1. The number of rotatable bonds is 5. The lowest BCUT2D eigenvalue weighted by molar-refractivity contribution is -0.117. The summed E-state index contributed by atoms with van der Waals surface area (Å²) in [6.07, 6.45) is 2.86. The number of carbonyl (C=O) groups excluding carboxylic acids is 1. The monoisotopic (exact) mass is 419 g/mol. The minimum atomic E-state index is -3.57. The molecule has 10 heteroatoms. The summed E-state index contributed by atoms with van der Waals surface area (Å²) < 4.78 is 26.6. The van der Waals surface area contributed by atoms with E-state index in [1.807, 2.05) is 11.0 Å². The average Bonchev–Trinajstić information content (AvgIpc) is 2.69. The Balaban J connectivity index is 1.53. The molecule has 0 spiro atoms. The quantitative estimate of drug-likeness (QED) is 0.788. The Morgan fingerprint density at radius 1 is 1.25 bits per heavy atom. The molecule has 1 aromatic heterocycles. The summed E-state index contributed by atoms with van der Waals surface area (Å²) >= 11 is 5.96. The average molecular weight is 420 g/mol. The second-order valence-corrected chi connectivity index (χ2v) is 8.57. The number of nitrogens with one attached hydrogen (secondary N) is 1. The van der Waals surface area contributed by atoms with Crippen LogP contribution in [0.4, 0.5) is 5.69 Å². The van der Waals surface area contributed by atoms with Crippen LogP contribution in [-0.4, -0.2) is 61.2 Å². The molecular weight excluding hydrogens is 402 g/mol. The number of amides is 1. The van der Waals surface area contributed by atoms with Gasteiger partial charge in [0.2, 0.25) is 15.9 Å². The first-order valence-corrected chi connectivity index (χ1v) is 10.3. The molecule has 0 atom stereocenters. The second kappa shape index (κ2) is 8.67. The van der Waals surface area contributed by atoms with Crippen molar-refractivity contribution in [1.82, 2.24) is 14.2 Å². The normalized spacial score (nSPS) is 15.7. The Labute approximate surface area is 168 Å². The van der Waals surface area contributed by atoms with E-state index >= 15 is 0 Å². The van der Waals surface area contributed by atoms with Gasteiger partial charge in [-0.15, -0.1) is 0 Å². The molecule has 0 saturated carbocycles. The van der Waals surface area contributed by atoms with Crippen molar-refractivity contribution in [2.24, 2.45) is 0 Å². The van der Waals surface area contributed by atoms with Gasteiger partial charge in [-0.3, -0.25) is 14.7 Å². The summed E-state index contributed by atoms with van der Waals surface area (Å²) in [5.41, 5.74) is 0.845. The maximum atomic E-state index is 12.6. The summed E-state index contributed by atoms with van der Waals surface area (Å²) in [6.45, 7) is 1.63. The lowest BCUT2D eigenvalue weighted by Gasteiger charge is -2.33. The summed E-state index contributed by atoms with van der Waals surface area (Å²) in [5, 5.41) is 11.9. The number of hydrogen-bond donors (Lipinski definition) is 1. The van der Waals surface area contributed by atoms with Crippen LogP contribution in [0.15, 0.2) is 47.6 Å². The van der Waals surface area contributed by atoms with Gasteiger partial charge in [-0.05, 0) is 30.3 Å². The molecule has 2 heterocycles. The van der Waals surface area contributed by atoms with E-state index in [4.69, 9.17) is 16.9 Å². The van der Waals surface area contributed by atoms with Gasteiger partial charge in [0.15, 0.2) is 0 Å². The van der Waals surface area contributed by atoms with Crippen molar-refractivity contribution in [3.8, 4) is 6.07 Å². The smallest absolute Gasteiger partial charge is 0.244 e. The van der Waals surface area contributed by atoms with Crippen molar-refractivity contribution in [1.29, 1.82) is 5.26 Å². The number of anilines is 1. The Bertz CT molecular complexity index is 1000. The van der Waals surface area contributed by atoms with Gasteiger partial charge in [-0.1, -0.05) is 11.6 Å². The van der Waals surface area contributed by atoms with E-state index in [9.17, 15) is 13.2 Å². The first-order valence-electron chi connectivity index (χ1n) is 8.52. The van der Waals surface area contributed by atoms with Crippen LogP contribution < -0.4 is 5.32 Å². The SMILES string of the molecule is N#Cc1ccc(NC(=O)CN2CCN(S(=O)(=O)c3cccnc3)CC2)cc1Cl. The van der Waals surface area contributed by atoms with Gasteiger partial charge < -0.3 is 5.32 Å². The molecule has 1 fully saturated rings. The summed E-state index contributed by atoms with van der Waals surface area (Å²) in [7, 11) is -3.57. The molecule has 1 amide bonds. The Hall–Kier alpha value is -2.51. The number of nitriles is 1. The van der Waals surface area contributed by atoms with Crippen LogP contribution in [0, 0.1) is 11.3 Å². The van der Waals surface area contributed by atoms with Crippen molar-refractivity contribution in [2.75, 3.05) is 38.0 Å². The maximum Gasteiger partial charge on any atom is 0.244 e. The molecule has 0 unspecified atom stereocenters. The fraction of sp³-hybridized carbons (Fsp3) is 0.278. The van der Waals surface area contributed by atoms with E-state index in [2.05, 4.69) is 10.3 Å². The van der Waals surface area contributed by atoms with Crippen LogP contribution in [-0.2, 0) is 14.8 Å². The molecule has 1 saturated heterocycles. The van der Waals surface area contributed by atoms with Crippen molar-refractivity contribution < 1.29 is 13.2 Å². The molecular formula is C18H18ClN5O3S. The standard InChI is InChI=1S/C18H18ClN5O3S/c19-17-10-15(4-3-14(17)11-20)22-18(25)13-23-6-8-24(9-7-23)28(26,27)16-2-1-5-21-12-16/h1-5,10,12H,6-9,13H2,(H,22,25). The van der Waals surface area contributed by atoms with Gasteiger partial charge in [0.05, 0.1) is 17.1 Å². The third-order valence-electron chi connectivity index (χ3n) is 4.34. The highest BCUT2D eigenvalue weighted by molar-refractivity contribution is 7.89. The van der Waals surface area contributed by atoms with E-state index in [0.29, 0.717) is 37.4 Å². The largest absolute Gasteiger partial charge is 0.325 e. The molecule has 3 rings (SSSR count). The van der Waals surface area contributed by atoms with E-state index in [1.54, 1.807) is 18.2 Å². The predicted octanol–water partition coefficient (Wildman–Crippen LogP) is 1.55. The zero-order chi connectivity index (χ0) is 20.1. The molecule has 0 aliphatic carbocycles. The first-order chi connectivity index (χ1) is 13.4. The Morgan fingerprint density at radius 3 is 2.61 bits per heavy atom. The van der Waals surface area contributed by atoms with E-state index in [1.165, 1.54) is 28.8 Å². The minimum absolute atomic E-state index is 0.137. The molecule has 8 nitrogen and oxygen atoms in total. The summed E-state index contributed by atoms with van der Waals surface area (Å²) in [5.74, 6) is -0.232. The predicted molar refractivity (Wildman–Crippen MR) is 104 cm³/mol. The summed E-state index contributed by atoms with van der Waals surface area (Å²) in [4.78, 5) is 18.2. The fourth-order valence-electron chi connectivity index (χ4n) is 2.86. The highest BCUT2D eigenvalue weighted by Crippen LogP contribution is 2.20. The zero-order valence-electron chi connectivity index (χ0n) is 14.9. The van der Waals surface area contributed by atoms with Crippen molar-refractivity contribution in [3.63, 3.8) is 0 Å². The van der Waals surface area contributed by atoms with Crippen molar-refractivity contribution in [3.05, 3.63) is 53.3 Å². The van der Waals surface area contributed by atoms with Gasteiger partial charge in [0.25, 0.3) is 0 Å². The lowest BCUT2D eigenvalue weighted by atomic mass is 10.2. The maximum absolute atomic E-state index is 12.6. The lowest BCUT2D eigenvalue weighted by Crippen LogP contribution is -2.50. The van der Waals surface area contributed by atoms with E-state index in [-0.39, 0.29) is 22.4 Å². The van der Waals surface area contributed by atoms with Gasteiger partial charge in [0, 0.05) is 44.3 Å². The van der Waals surface area contributed by atoms with Crippen molar-refractivity contribution >= 4 is 33.2 Å². The highest BCUT2D eigenvalue weighted by Gasteiger charge is 2.29. The van der Waals surface area contributed by atoms with Crippen LogP contribution in [0.1, 0.15) is 5.56 Å². The fourth-order valence-corrected chi connectivity index (χ4v) is 4.47. The number of aromatic nitrogens is 1. The number of pyridine rings is 1. The minimum Gasteiger partial charge on any atom is -0.325 e. The number of sulfonamides is 1. The first kappa shape index (κ1) is 20.2. The topological polar surface area (TPSA) is 106 Å². The van der Waals surface area contributed by atoms with E-state index < -0.39 is 10.0 Å². The molecule has 146 valence electrons. The highest BCUT2D eigenvalue weighted by atomic mass is 35.5. The van der Waals surface area contributed by atoms with Crippen molar-refractivity contribution in [2.45, 2.75) is 4.90 Å². The molecule has 1 aliphatic rings. The van der Waals surface area contributed by atoms with Gasteiger partial charge in [-0.25, -0.2) is 8.42 Å². The molecule has 1 N–H and O–H groups in total. The molecule has 0 bridgehead atoms. The van der Waals surface area contributed by atoms with Gasteiger partial charge in [-0.2, -0.15) is 9.57 Å². The molecule has 2 aromatic rings. The van der Waals surface area contributed by atoms with Gasteiger partial charge in [0.1, 0.15) is 11.0 Å². The Morgan fingerprint density at radius 2 is 2.00 bits per heavy atom. The third kappa shape index (κ3) is 4.66.